The lowest BCUT2D eigenvalue weighted by atomic mass is 10.1. The summed E-state index contributed by atoms with van der Waals surface area (Å²) in [6, 6.07) is 4.75. The first kappa shape index (κ1) is 15.1. The number of carbonyl (C=O) groups excluding carboxylic acids is 1. The van der Waals surface area contributed by atoms with Crippen LogP contribution >= 0.6 is 11.8 Å². The molecule has 0 atom stereocenters. The number of rotatable bonds is 5. The number of ketones is 1. The first-order valence-electron chi connectivity index (χ1n) is 5.58. The molecule has 0 unspecified atom stereocenters. The molecule has 18 heavy (non-hydrogen) atoms. The Labute approximate surface area is 109 Å². The average molecular weight is 276 g/mol. The monoisotopic (exact) mass is 276 g/mol. The first-order chi connectivity index (χ1) is 8.29. The summed E-state index contributed by atoms with van der Waals surface area (Å²) >= 11 is 1.54. The molecule has 1 aromatic carbocycles. The van der Waals surface area contributed by atoms with Gasteiger partial charge in [0, 0.05) is 6.42 Å². The molecule has 0 spiro atoms. The topological polar surface area (TPSA) is 17.1 Å². The molecule has 0 heterocycles. The minimum absolute atomic E-state index is 0.0356. The third kappa shape index (κ3) is 5.12. The number of carbonyl (C=O) groups is 1. The van der Waals surface area contributed by atoms with Crippen LogP contribution in [0.1, 0.15) is 25.0 Å². The van der Waals surface area contributed by atoms with Crippen molar-refractivity contribution in [3.05, 3.63) is 35.4 Å². The van der Waals surface area contributed by atoms with Gasteiger partial charge in [0.05, 0.1) is 11.3 Å². The molecule has 0 N–H and O–H groups in total. The molecule has 1 rings (SSSR count). The molecule has 0 saturated carbocycles. The highest BCUT2D eigenvalue weighted by atomic mass is 32.2. The van der Waals surface area contributed by atoms with E-state index in [1.807, 2.05) is 13.8 Å². The predicted octanol–water partition coefficient (Wildman–Crippen LogP) is 3.96. The van der Waals surface area contributed by atoms with E-state index >= 15 is 0 Å². The van der Waals surface area contributed by atoms with Gasteiger partial charge in [-0.2, -0.15) is 24.9 Å². The summed E-state index contributed by atoms with van der Waals surface area (Å²) in [5.41, 5.74) is -0.0624. The Morgan fingerprint density at radius 2 is 1.78 bits per heavy atom. The van der Waals surface area contributed by atoms with Gasteiger partial charge in [-0.3, -0.25) is 4.79 Å². The van der Waals surface area contributed by atoms with Gasteiger partial charge in [0.1, 0.15) is 5.78 Å². The molecular formula is C13H15F3OS. The largest absolute Gasteiger partial charge is 0.416 e. The lowest BCUT2D eigenvalue weighted by molar-refractivity contribution is -0.137. The fourth-order valence-corrected chi connectivity index (χ4v) is 1.97. The van der Waals surface area contributed by atoms with Gasteiger partial charge in [-0.1, -0.05) is 26.0 Å². The fraction of sp³-hybridized carbons (Fsp3) is 0.462. The third-order valence-corrected chi connectivity index (χ3v) is 3.42. The van der Waals surface area contributed by atoms with Crippen molar-refractivity contribution in [2.24, 2.45) is 0 Å². The van der Waals surface area contributed by atoms with Crippen molar-refractivity contribution < 1.29 is 18.0 Å². The van der Waals surface area contributed by atoms with Crippen LogP contribution in [0.4, 0.5) is 13.2 Å². The van der Waals surface area contributed by atoms with Crippen LogP contribution in [0.15, 0.2) is 24.3 Å². The van der Waals surface area contributed by atoms with E-state index in [0.717, 1.165) is 12.1 Å². The van der Waals surface area contributed by atoms with Gasteiger partial charge in [0.15, 0.2) is 0 Å². The van der Waals surface area contributed by atoms with Crippen molar-refractivity contribution in [1.82, 2.24) is 0 Å². The maximum Gasteiger partial charge on any atom is 0.416 e. The molecule has 0 fully saturated rings. The van der Waals surface area contributed by atoms with Crippen molar-refractivity contribution >= 4 is 17.5 Å². The van der Waals surface area contributed by atoms with E-state index in [1.165, 1.54) is 23.9 Å². The number of benzene rings is 1. The zero-order valence-corrected chi connectivity index (χ0v) is 11.1. The Morgan fingerprint density at radius 1 is 1.22 bits per heavy atom. The zero-order valence-electron chi connectivity index (χ0n) is 10.3. The summed E-state index contributed by atoms with van der Waals surface area (Å²) in [7, 11) is 0. The second kappa shape index (κ2) is 6.27. The summed E-state index contributed by atoms with van der Waals surface area (Å²) in [6.07, 6.45) is -4.13. The number of hydrogen-bond donors (Lipinski definition) is 0. The molecule has 0 radical (unpaired) electrons. The van der Waals surface area contributed by atoms with E-state index in [4.69, 9.17) is 0 Å². The minimum Gasteiger partial charge on any atom is -0.298 e. The molecule has 0 aromatic heterocycles. The van der Waals surface area contributed by atoms with E-state index in [-0.39, 0.29) is 12.2 Å². The molecule has 0 bridgehead atoms. The summed E-state index contributed by atoms with van der Waals surface area (Å²) in [5.74, 6) is 0.437. The highest BCUT2D eigenvalue weighted by Crippen LogP contribution is 2.29. The highest BCUT2D eigenvalue weighted by Gasteiger charge is 2.29. The molecule has 100 valence electrons. The SMILES string of the molecule is CC(C)SCC(=O)Cc1ccc(C(F)(F)F)cc1. The maximum atomic E-state index is 12.3. The fourth-order valence-electron chi connectivity index (χ4n) is 1.35. The van der Waals surface area contributed by atoms with Crippen molar-refractivity contribution in [2.45, 2.75) is 31.7 Å². The highest BCUT2D eigenvalue weighted by molar-refractivity contribution is 8.00. The second-order valence-electron chi connectivity index (χ2n) is 4.27. The molecular weight excluding hydrogens is 261 g/mol. The smallest absolute Gasteiger partial charge is 0.298 e. The van der Waals surface area contributed by atoms with E-state index < -0.39 is 11.7 Å². The lowest BCUT2D eigenvalue weighted by Crippen LogP contribution is -2.09. The lowest BCUT2D eigenvalue weighted by Gasteiger charge is -2.07. The average Bonchev–Trinajstić information content (AvgIpc) is 2.26. The van der Waals surface area contributed by atoms with Crippen LogP contribution in [0.3, 0.4) is 0 Å². The van der Waals surface area contributed by atoms with E-state index in [1.54, 1.807) is 0 Å². The van der Waals surface area contributed by atoms with E-state index in [2.05, 4.69) is 0 Å². The Morgan fingerprint density at radius 3 is 2.22 bits per heavy atom. The Bertz CT molecular complexity index is 396. The molecule has 0 aliphatic rings. The van der Waals surface area contributed by atoms with Crippen LogP contribution in [0.2, 0.25) is 0 Å². The summed E-state index contributed by atoms with van der Waals surface area (Å²) in [5, 5.41) is 0.376. The van der Waals surface area contributed by atoms with E-state index in [0.29, 0.717) is 16.6 Å². The van der Waals surface area contributed by atoms with Gasteiger partial charge >= 0.3 is 6.18 Å². The van der Waals surface area contributed by atoms with E-state index in [9.17, 15) is 18.0 Å². The van der Waals surface area contributed by atoms with Crippen LogP contribution < -0.4 is 0 Å². The van der Waals surface area contributed by atoms with Crippen LogP contribution in [-0.2, 0) is 17.4 Å². The first-order valence-corrected chi connectivity index (χ1v) is 6.63. The molecule has 1 aromatic rings. The van der Waals surface area contributed by atoms with Crippen molar-refractivity contribution in [2.75, 3.05) is 5.75 Å². The van der Waals surface area contributed by atoms with Gasteiger partial charge in [-0.05, 0) is 22.9 Å². The molecule has 0 aliphatic carbocycles. The zero-order chi connectivity index (χ0) is 13.8. The normalized spacial score (nSPS) is 11.9. The van der Waals surface area contributed by atoms with Gasteiger partial charge in [0.25, 0.3) is 0 Å². The van der Waals surface area contributed by atoms with Gasteiger partial charge in [-0.15, -0.1) is 0 Å². The predicted molar refractivity (Wildman–Crippen MR) is 67.7 cm³/mol. The van der Waals surface area contributed by atoms with Crippen molar-refractivity contribution in [3.8, 4) is 0 Å². The number of alkyl halides is 3. The van der Waals surface area contributed by atoms with Crippen LogP contribution in [0.5, 0.6) is 0 Å². The number of thioether (sulfide) groups is 1. The second-order valence-corrected chi connectivity index (χ2v) is 5.83. The Hall–Kier alpha value is -0.970. The molecule has 5 heteroatoms. The standard InChI is InChI=1S/C13H15F3OS/c1-9(2)18-8-12(17)7-10-3-5-11(6-4-10)13(14,15)16/h3-6,9H,7-8H2,1-2H3. The molecule has 0 amide bonds. The summed E-state index contributed by atoms with van der Waals surface area (Å²) in [4.78, 5) is 11.6. The summed E-state index contributed by atoms with van der Waals surface area (Å²) in [6.45, 7) is 3.99. The van der Waals surface area contributed by atoms with Gasteiger partial charge < -0.3 is 0 Å². The molecule has 1 nitrogen and oxygen atoms in total. The maximum absolute atomic E-state index is 12.3. The van der Waals surface area contributed by atoms with Crippen LogP contribution in [0.25, 0.3) is 0 Å². The van der Waals surface area contributed by atoms with Gasteiger partial charge in [-0.25, -0.2) is 0 Å². The molecule has 0 saturated heterocycles. The minimum atomic E-state index is -4.32. The number of Topliss-reactive ketones (excluding diaryl/α,β-unsaturated/α-hetero) is 1. The quantitative estimate of drug-likeness (QED) is 0.809. The van der Waals surface area contributed by atoms with Crippen molar-refractivity contribution in [1.29, 1.82) is 0 Å². The summed E-state index contributed by atoms with van der Waals surface area (Å²) < 4.78 is 37.0. The Kier molecular flexibility index (Phi) is 5.26. The number of halogens is 3. The van der Waals surface area contributed by atoms with Crippen LogP contribution in [0, 0.1) is 0 Å². The van der Waals surface area contributed by atoms with Gasteiger partial charge in [0.2, 0.25) is 0 Å². The molecule has 0 aliphatic heterocycles. The van der Waals surface area contributed by atoms with Crippen LogP contribution in [-0.4, -0.2) is 16.8 Å². The Balaban J connectivity index is 2.56. The van der Waals surface area contributed by atoms with Crippen molar-refractivity contribution in [3.63, 3.8) is 0 Å². The third-order valence-electron chi connectivity index (χ3n) is 2.26. The number of hydrogen-bond acceptors (Lipinski definition) is 2.